The van der Waals surface area contributed by atoms with Crippen LogP contribution in [0.4, 0.5) is 13.2 Å². The molecule has 0 amide bonds. The molecule has 0 bridgehead atoms. The number of rotatable bonds is 3. The lowest BCUT2D eigenvalue weighted by Gasteiger charge is -2.08. The second-order valence-electron chi connectivity index (χ2n) is 4.92. The smallest absolute Gasteiger partial charge is 0.435 e. The number of aromatic nitrogens is 3. The van der Waals surface area contributed by atoms with Gasteiger partial charge in [-0.3, -0.25) is 4.98 Å². The first-order chi connectivity index (χ1) is 11.4. The third-order valence-electron chi connectivity index (χ3n) is 3.29. The summed E-state index contributed by atoms with van der Waals surface area (Å²) in [6.07, 6.45) is -1.71. The molecule has 3 aromatic rings. The summed E-state index contributed by atoms with van der Waals surface area (Å²) in [6, 6.07) is 9.64. The number of pyridine rings is 1. The first-order valence-electron chi connectivity index (χ1n) is 6.77. The molecule has 0 aliphatic rings. The van der Waals surface area contributed by atoms with Crippen LogP contribution >= 0.6 is 0 Å². The number of carbonyl (C=O) groups is 1. The van der Waals surface area contributed by atoms with E-state index < -0.39 is 17.8 Å². The van der Waals surface area contributed by atoms with E-state index in [0.717, 1.165) is 10.7 Å². The summed E-state index contributed by atoms with van der Waals surface area (Å²) in [5, 5.41) is 12.7. The van der Waals surface area contributed by atoms with Crippen LogP contribution in [-0.2, 0) is 6.18 Å². The fraction of sp³-hybridized carbons (Fsp3) is 0.0625. The first kappa shape index (κ1) is 15.7. The highest BCUT2D eigenvalue weighted by atomic mass is 19.4. The molecule has 1 N–H and O–H groups in total. The number of halogens is 3. The summed E-state index contributed by atoms with van der Waals surface area (Å²) in [7, 11) is 0. The molecule has 122 valence electrons. The number of hydrogen-bond donors (Lipinski definition) is 1. The quantitative estimate of drug-likeness (QED) is 0.794. The molecule has 2 heterocycles. The molecule has 0 aliphatic heterocycles. The Bertz CT molecular complexity index is 889. The molecular formula is C16H10F3N3O2. The van der Waals surface area contributed by atoms with E-state index in [1.54, 1.807) is 12.1 Å². The van der Waals surface area contributed by atoms with Crippen molar-refractivity contribution >= 4 is 5.97 Å². The molecule has 0 aliphatic carbocycles. The minimum Gasteiger partial charge on any atom is -0.478 e. The van der Waals surface area contributed by atoms with E-state index in [1.165, 1.54) is 36.7 Å². The minimum absolute atomic E-state index is 0.0475. The number of carboxylic acids is 1. The van der Waals surface area contributed by atoms with Gasteiger partial charge in [-0.15, -0.1) is 0 Å². The maximum atomic E-state index is 13.0. The van der Waals surface area contributed by atoms with Gasteiger partial charge in [-0.25, -0.2) is 9.48 Å². The van der Waals surface area contributed by atoms with Crippen LogP contribution in [0.5, 0.6) is 0 Å². The number of aromatic carboxylic acids is 1. The lowest BCUT2D eigenvalue weighted by Crippen LogP contribution is -2.08. The molecule has 24 heavy (non-hydrogen) atoms. The molecule has 5 nitrogen and oxygen atoms in total. The molecule has 0 saturated carbocycles. The fourth-order valence-electron chi connectivity index (χ4n) is 2.21. The van der Waals surface area contributed by atoms with E-state index in [1.807, 2.05) is 0 Å². The average Bonchev–Trinajstić information content (AvgIpc) is 3.01. The summed E-state index contributed by atoms with van der Waals surface area (Å²) < 4.78 is 40.2. The van der Waals surface area contributed by atoms with Gasteiger partial charge in [0.1, 0.15) is 0 Å². The topological polar surface area (TPSA) is 68.0 Å². The number of nitrogens with zero attached hydrogens (tertiary/aromatic N) is 3. The van der Waals surface area contributed by atoms with Crippen LogP contribution < -0.4 is 0 Å². The van der Waals surface area contributed by atoms with Crippen LogP contribution in [0.3, 0.4) is 0 Å². The third-order valence-corrected chi connectivity index (χ3v) is 3.29. The van der Waals surface area contributed by atoms with Crippen molar-refractivity contribution in [3.63, 3.8) is 0 Å². The second kappa shape index (κ2) is 5.80. The second-order valence-corrected chi connectivity index (χ2v) is 4.92. The molecule has 0 fully saturated rings. The molecule has 0 radical (unpaired) electrons. The van der Waals surface area contributed by atoms with Gasteiger partial charge in [0.25, 0.3) is 0 Å². The van der Waals surface area contributed by atoms with Crippen LogP contribution in [0.15, 0.2) is 54.9 Å². The van der Waals surface area contributed by atoms with Crippen molar-refractivity contribution < 1.29 is 23.1 Å². The van der Waals surface area contributed by atoms with Crippen LogP contribution in [0.1, 0.15) is 16.1 Å². The van der Waals surface area contributed by atoms with Gasteiger partial charge in [0, 0.05) is 18.0 Å². The summed E-state index contributed by atoms with van der Waals surface area (Å²) in [5.41, 5.74) is -0.306. The van der Waals surface area contributed by atoms with Gasteiger partial charge in [-0.2, -0.15) is 18.3 Å². The van der Waals surface area contributed by atoms with E-state index in [2.05, 4.69) is 10.1 Å². The normalized spacial score (nSPS) is 11.5. The van der Waals surface area contributed by atoms with Crippen molar-refractivity contribution in [1.29, 1.82) is 0 Å². The molecule has 8 heteroatoms. The Labute approximate surface area is 134 Å². The number of carboxylic acid groups (broad SMARTS) is 1. The lowest BCUT2D eigenvalue weighted by atomic mass is 10.1. The molecule has 0 saturated heterocycles. The third kappa shape index (κ3) is 2.98. The van der Waals surface area contributed by atoms with E-state index >= 15 is 0 Å². The Morgan fingerprint density at radius 2 is 1.92 bits per heavy atom. The minimum atomic E-state index is -4.62. The highest BCUT2D eigenvalue weighted by Gasteiger charge is 2.35. The lowest BCUT2D eigenvalue weighted by molar-refractivity contribution is -0.141. The average molecular weight is 333 g/mol. The molecule has 2 aromatic heterocycles. The van der Waals surface area contributed by atoms with Crippen molar-refractivity contribution in [2.75, 3.05) is 0 Å². The van der Waals surface area contributed by atoms with Crippen molar-refractivity contribution in [2.45, 2.75) is 6.18 Å². The Kier molecular flexibility index (Phi) is 3.80. The summed E-state index contributed by atoms with van der Waals surface area (Å²) in [6.45, 7) is 0. The fourth-order valence-corrected chi connectivity index (χ4v) is 2.21. The van der Waals surface area contributed by atoms with Gasteiger partial charge in [-0.05, 0) is 36.4 Å². The summed E-state index contributed by atoms with van der Waals surface area (Å²) >= 11 is 0. The zero-order valence-corrected chi connectivity index (χ0v) is 12.0. The van der Waals surface area contributed by atoms with Crippen molar-refractivity contribution in [1.82, 2.24) is 14.8 Å². The van der Waals surface area contributed by atoms with Crippen molar-refractivity contribution in [2.24, 2.45) is 0 Å². The van der Waals surface area contributed by atoms with Crippen LogP contribution in [0.25, 0.3) is 16.9 Å². The van der Waals surface area contributed by atoms with Crippen LogP contribution in [0, 0.1) is 0 Å². The van der Waals surface area contributed by atoms with Gasteiger partial charge < -0.3 is 5.11 Å². The van der Waals surface area contributed by atoms with Gasteiger partial charge >= 0.3 is 12.1 Å². The Morgan fingerprint density at radius 1 is 1.12 bits per heavy atom. The van der Waals surface area contributed by atoms with E-state index in [4.69, 9.17) is 5.11 Å². The van der Waals surface area contributed by atoms with E-state index in [0.29, 0.717) is 5.56 Å². The Morgan fingerprint density at radius 3 is 2.54 bits per heavy atom. The van der Waals surface area contributed by atoms with Gasteiger partial charge in [0.15, 0.2) is 5.69 Å². The van der Waals surface area contributed by atoms with Crippen molar-refractivity contribution in [3.8, 4) is 16.9 Å². The van der Waals surface area contributed by atoms with Gasteiger partial charge in [0.2, 0.25) is 0 Å². The van der Waals surface area contributed by atoms with Crippen molar-refractivity contribution in [3.05, 3.63) is 66.1 Å². The molecule has 1 aromatic carbocycles. The zero-order valence-electron chi connectivity index (χ0n) is 12.0. The Balaban J connectivity index is 2.21. The summed E-state index contributed by atoms with van der Waals surface area (Å²) in [4.78, 5) is 15.0. The first-order valence-corrected chi connectivity index (χ1v) is 6.77. The van der Waals surface area contributed by atoms with Gasteiger partial charge in [0.05, 0.1) is 16.9 Å². The molecule has 0 atom stereocenters. The number of hydrogen-bond acceptors (Lipinski definition) is 3. The Hall–Kier alpha value is -3.16. The monoisotopic (exact) mass is 333 g/mol. The molecule has 3 rings (SSSR count). The van der Waals surface area contributed by atoms with Crippen LogP contribution in [-0.4, -0.2) is 25.8 Å². The maximum absolute atomic E-state index is 13.0. The standard InChI is InChI=1S/C16H10F3N3O2/c17-16(18,19)14-8-13(11-4-2-6-20-9-11)22(21-14)12-5-1-3-10(7-12)15(23)24/h1-9H,(H,23,24). The number of benzene rings is 1. The van der Waals surface area contributed by atoms with E-state index in [9.17, 15) is 18.0 Å². The SMILES string of the molecule is O=C(O)c1cccc(-n2nc(C(F)(F)F)cc2-c2cccnc2)c1. The van der Waals surface area contributed by atoms with E-state index in [-0.39, 0.29) is 16.9 Å². The zero-order chi connectivity index (χ0) is 17.3. The molecular weight excluding hydrogens is 323 g/mol. The summed E-state index contributed by atoms with van der Waals surface area (Å²) in [5.74, 6) is -1.18. The molecule has 0 unspecified atom stereocenters. The number of alkyl halides is 3. The van der Waals surface area contributed by atoms with Gasteiger partial charge in [-0.1, -0.05) is 6.07 Å². The maximum Gasteiger partial charge on any atom is 0.435 e. The predicted molar refractivity (Wildman–Crippen MR) is 78.8 cm³/mol. The highest BCUT2D eigenvalue weighted by molar-refractivity contribution is 5.88. The molecule has 0 spiro atoms. The predicted octanol–water partition coefficient (Wildman–Crippen LogP) is 3.65. The van der Waals surface area contributed by atoms with Crippen LogP contribution in [0.2, 0.25) is 0 Å². The largest absolute Gasteiger partial charge is 0.478 e. The highest BCUT2D eigenvalue weighted by Crippen LogP contribution is 2.33.